The lowest BCUT2D eigenvalue weighted by Gasteiger charge is -2.11. The number of halogens is 4. The summed E-state index contributed by atoms with van der Waals surface area (Å²) in [4.78, 5) is 0. The zero-order chi connectivity index (χ0) is 14.0. The standard InChI is InChI=1S/C13H9BrClF2NO/c14-8-4-11(18)12(5-10(8)17)19-6-7-2-1-3-9(16)13(7)15/h1-5H,6,18H2. The zero-order valence-electron chi connectivity index (χ0n) is 9.59. The van der Waals surface area contributed by atoms with Crippen molar-refractivity contribution >= 4 is 33.2 Å². The normalized spacial score (nSPS) is 10.5. The first-order valence-electron chi connectivity index (χ1n) is 5.29. The molecule has 0 aliphatic heterocycles. The first-order chi connectivity index (χ1) is 8.99. The fourth-order valence-corrected chi connectivity index (χ4v) is 2.03. The molecular weight excluding hydrogens is 340 g/mol. The summed E-state index contributed by atoms with van der Waals surface area (Å²) in [5, 5.41) is -0.0151. The molecule has 0 saturated carbocycles. The van der Waals surface area contributed by atoms with Crippen LogP contribution in [0.1, 0.15) is 5.56 Å². The van der Waals surface area contributed by atoms with E-state index in [1.165, 1.54) is 18.2 Å². The van der Waals surface area contributed by atoms with Crippen molar-refractivity contribution in [2.75, 3.05) is 5.73 Å². The molecule has 0 unspecified atom stereocenters. The van der Waals surface area contributed by atoms with E-state index >= 15 is 0 Å². The summed E-state index contributed by atoms with van der Waals surface area (Å²) < 4.78 is 32.2. The number of rotatable bonds is 3. The molecule has 0 amide bonds. The summed E-state index contributed by atoms with van der Waals surface area (Å²) in [5.41, 5.74) is 6.43. The molecule has 19 heavy (non-hydrogen) atoms. The summed E-state index contributed by atoms with van der Waals surface area (Å²) in [7, 11) is 0. The van der Waals surface area contributed by atoms with Crippen LogP contribution in [0.15, 0.2) is 34.8 Å². The van der Waals surface area contributed by atoms with E-state index in [-0.39, 0.29) is 27.5 Å². The van der Waals surface area contributed by atoms with Crippen LogP contribution in [0.2, 0.25) is 5.02 Å². The molecule has 0 aromatic heterocycles. The molecule has 2 aromatic rings. The Labute approximate surface area is 122 Å². The quantitative estimate of drug-likeness (QED) is 0.826. The molecule has 2 aromatic carbocycles. The molecule has 0 heterocycles. The Morgan fingerprint density at radius 1 is 1.21 bits per heavy atom. The number of anilines is 1. The minimum Gasteiger partial charge on any atom is -0.487 e. The van der Waals surface area contributed by atoms with Gasteiger partial charge in [0.05, 0.1) is 15.2 Å². The van der Waals surface area contributed by atoms with Crippen molar-refractivity contribution in [3.63, 3.8) is 0 Å². The van der Waals surface area contributed by atoms with Crippen LogP contribution >= 0.6 is 27.5 Å². The van der Waals surface area contributed by atoms with Gasteiger partial charge in [0.1, 0.15) is 24.0 Å². The lowest BCUT2D eigenvalue weighted by atomic mass is 10.2. The van der Waals surface area contributed by atoms with Crippen LogP contribution in [-0.4, -0.2) is 0 Å². The highest BCUT2D eigenvalue weighted by Crippen LogP contribution is 2.30. The minimum atomic E-state index is -0.530. The van der Waals surface area contributed by atoms with Crippen molar-refractivity contribution in [3.8, 4) is 5.75 Å². The molecule has 0 saturated heterocycles. The van der Waals surface area contributed by atoms with Gasteiger partial charge in [-0.2, -0.15) is 0 Å². The lowest BCUT2D eigenvalue weighted by molar-refractivity contribution is 0.305. The van der Waals surface area contributed by atoms with Gasteiger partial charge < -0.3 is 10.5 Å². The number of hydrogen-bond donors (Lipinski definition) is 1. The Kier molecular flexibility index (Phi) is 4.27. The SMILES string of the molecule is Nc1cc(Br)c(F)cc1OCc1cccc(F)c1Cl. The Bertz CT molecular complexity index is 622. The van der Waals surface area contributed by atoms with E-state index in [0.29, 0.717) is 5.56 Å². The fraction of sp³-hybridized carbons (Fsp3) is 0.0769. The predicted octanol–water partition coefficient (Wildman–Crippen LogP) is 4.54. The molecule has 0 fully saturated rings. The number of benzene rings is 2. The summed E-state index contributed by atoms with van der Waals surface area (Å²) in [5.74, 6) is -0.840. The highest BCUT2D eigenvalue weighted by Gasteiger charge is 2.10. The third-order valence-electron chi connectivity index (χ3n) is 2.47. The van der Waals surface area contributed by atoms with E-state index < -0.39 is 11.6 Å². The van der Waals surface area contributed by atoms with Gasteiger partial charge in [0.2, 0.25) is 0 Å². The highest BCUT2D eigenvalue weighted by atomic mass is 79.9. The Balaban J connectivity index is 2.19. The molecule has 0 aliphatic carbocycles. The Morgan fingerprint density at radius 3 is 2.68 bits per heavy atom. The minimum absolute atomic E-state index is 0.00185. The number of nitrogen functional groups attached to an aromatic ring is 1. The first-order valence-corrected chi connectivity index (χ1v) is 6.46. The van der Waals surface area contributed by atoms with Crippen molar-refractivity contribution in [1.82, 2.24) is 0 Å². The molecule has 100 valence electrons. The van der Waals surface area contributed by atoms with Gasteiger partial charge in [-0.15, -0.1) is 0 Å². The molecule has 2 rings (SSSR count). The topological polar surface area (TPSA) is 35.2 Å². The van der Waals surface area contributed by atoms with Crippen LogP contribution in [0.3, 0.4) is 0 Å². The molecule has 0 atom stereocenters. The maximum Gasteiger partial charge on any atom is 0.145 e. The van der Waals surface area contributed by atoms with Gasteiger partial charge in [-0.1, -0.05) is 23.7 Å². The Morgan fingerprint density at radius 2 is 1.95 bits per heavy atom. The molecule has 2 nitrogen and oxygen atoms in total. The van der Waals surface area contributed by atoms with Crippen LogP contribution in [0.5, 0.6) is 5.75 Å². The zero-order valence-corrected chi connectivity index (χ0v) is 11.9. The summed E-state index contributed by atoms with van der Waals surface area (Å²) in [6, 6.07) is 6.95. The van der Waals surface area contributed by atoms with E-state index in [0.717, 1.165) is 6.07 Å². The van der Waals surface area contributed by atoms with E-state index in [2.05, 4.69) is 15.9 Å². The maximum atomic E-state index is 13.4. The number of ether oxygens (including phenoxy) is 1. The Hall–Kier alpha value is -1.33. The van der Waals surface area contributed by atoms with Gasteiger partial charge in [0.15, 0.2) is 0 Å². The molecule has 0 aliphatic rings. The van der Waals surface area contributed by atoms with Crippen molar-refractivity contribution in [2.45, 2.75) is 6.61 Å². The third-order valence-corrected chi connectivity index (χ3v) is 3.50. The predicted molar refractivity (Wildman–Crippen MR) is 74.3 cm³/mol. The van der Waals surface area contributed by atoms with E-state index in [1.54, 1.807) is 6.07 Å². The van der Waals surface area contributed by atoms with Crippen molar-refractivity contribution in [1.29, 1.82) is 0 Å². The molecule has 0 spiro atoms. The molecule has 2 N–H and O–H groups in total. The summed E-state index contributed by atoms with van der Waals surface area (Å²) in [6.07, 6.45) is 0. The molecule has 0 radical (unpaired) electrons. The second kappa shape index (κ2) is 5.75. The number of nitrogens with two attached hydrogens (primary N) is 1. The average molecular weight is 349 g/mol. The first kappa shape index (κ1) is 14.1. The highest BCUT2D eigenvalue weighted by molar-refractivity contribution is 9.10. The van der Waals surface area contributed by atoms with Crippen LogP contribution in [0.25, 0.3) is 0 Å². The van der Waals surface area contributed by atoms with Crippen molar-refractivity contribution in [2.24, 2.45) is 0 Å². The van der Waals surface area contributed by atoms with Gasteiger partial charge in [-0.05, 0) is 28.1 Å². The third kappa shape index (κ3) is 3.16. The van der Waals surface area contributed by atoms with Crippen LogP contribution < -0.4 is 10.5 Å². The fourth-order valence-electron chi connectivity index (χ4n) is 1.48. The van der Waals surface area contributed by atoms with Crippen molar-refractivity contribution < 1.29 is 13.5 Å². The number of hydrogen-bond acceptors (Lipinski definition) is 2. The lowest BCUT2D eigenvalue weighted by Crippen LogP contribution is -2.01. The largest absolute Gasteiger partial charge is 0.487 e. The maximum absolute atomic E-state index is 13.4. The van der Waals surface area contributed by atoms with Gasteiger partial charge in [0.25, 0.3) is 0 Å². The molecule has 6 heteroatoms. The van der Waals surface area contributed by atoms with Gasteiger partial charge in [-0.3, -0.25) is 0 Å². The summed E-state index contributed by atoms with van der Waals surface area (Å²) >= 11 is 8.80. The summed E-state index contributed by atoms with van der Waals surface area (Å²) in [6.45, 7) is 0.00185. The monoisotopic (exact) mass is 347 g/mol. The van der Waals surface area contributed by atoms with Gasteiger partial charge in [0, 0.05) is 11.6 Å². The van der Waals surface area contributed by atoms with Crippen LogP contribution in [0.4, 0.5) is 14.5 Å². The van der Waals surface area contributed by atoms with E-state index in [4.69, 9.17) is 22.1 Å². The van der Waals surface area contributed by atoms with Crippen molar-refractivity contribution in [3.05, 3.63) is 57.0 Å². The van der Waals surface area contributed by atoms with Gasteiger partial charge >= 0.3 is 0 Å². The van der Waals surface area contributed by atoms with Gasteiger partial charge in [-0.25, -0.2) is 8.78 Å². The van der Waals surface area contributed by atoms with E-state index in [1.807, 2.05) is 0 Å². The van der Waals surface area contributed by atoms with E-state index in [9.17, 15) is 8.78 Å². The molecule has 0 bridgehead atoms. The van der Waals surface area contributed by atoms with Crippen LogP contribution in [-0.2, 0) is 6.61 Å². The molecular formula is C13H9BrClF2NO. The van der Waals surface area contributed by atoms with Crippen LogP contribution in [0, 0.1) is 11.6 Å². The average Bonchev–Trinajstić information content (AvgIpc) is 2.37. The second-order valence-corrected chi connectivity index (χ2v) is 5.04. The second-order valence-electron chi connectivity index (χ2n) is 3.81. The smallest absolute Gasteiger partial charge is 0.145 e.